The number of hydrogen-bond acceptors (Lipinski definition) is 6. The monoisotopic (exact) mass is 421 g/mol. The molecule has 0 atom stereocenters. The van der Waals surface area contributed by atoms with Crippen LogP contribution in [0.4, 0.5) is 5.69 Å². The Bertz CT molecular complexity index is 1050. The molecular formula is C24H27N3O4. The lowest BCUT2D eigenvalue weighted by atomic mass is 10.1. The number of benzene rings is 2. The van der Waals surface area contributed by atoms with Crippen molar-refractivity contribution in [3.05, 3.63) is 88.3 Å². The smallest absolute Gasteiger partial charge is 0.359 e. The summed E-state index contributed by atoms with van der Waals surface area (Å²) < 4.78 is 12.3. The third-order valence-corrected chi connectivity index (χ3v) is 4.85. The fourth-order valence-electron chi connectivity index (χ4n) is 3.21. The molecule has 0 saturated heterocycles. The zero-order chi connectivity index (χ0) is 22.1. The molecule has 0 amide bonds. The van der Waals surface area contributed by atoms with Crippen LogP contribution in [0.5, 0.6) is 5.75 Å². The van der Waals surface area contributed by atoms with Crippen molar-refractivity contribution in [2.75, 3.05) is 24.6 Å². The van der Waals surface area contributed by atoms with E-state index < -0.39 is 5.97 Å². The number of rotatable bonds is 10. The maximum absolute atomic E-state index is 12.6. The molecular weight excluding hydrogens is 394 g/mol. The quantitative estimate of drug-likeness (QED) is 0.467. The Kier molecular flexibility index (Phi) is 7.81. The van der Waals surface area contributed by atoms with Gasteiger partial charge in [0.1, 0.15) is 19.0 Å². The van der Waals surface area contributed by atoms with Crippen LogP contribution < -0.4 is 15.2 Å². The number of esters is 1. The number of para-hydroxylation sites is 2. The largest absolute Gasteiger partial charge is 0.492 e. The number of nitrogens with zero attached hydrogens (tertiary/aromatic N) is 3. The summed E-state index contributed by atoms with van der Waals surface area (Å²) >= 11 is 0. The summed E-state index contributed by atoms with van der Waals surface area (Å²) in [5.74, 6) is 0.130. The highest BCUT2D eigenvalue weighted by atomic mass is 16.5. The van der Waals surface area contributed by atoms with Gasteiger partial charge in [0.2, 0.25) is 0 Å². The molecule has 0 aliphatic rings. The number of ether oxygens (including phenoxy) is 2. The number of anilines is 1. The van der Waals surface area contributed by atoms with E-state index in [4.69, 9.17) is 9.47 Å². The Morgan fingerprint density at radius 3 is 2.42 bits per heavy atom. The fourth-order valence-corrected chi connectivity index (χ4v) is 3.21. The lowest BCUT2D eigenvalue weighted by Gasteiger charge is -2.24. The normalized spacial score (nSPS) is 10.5. The van der Waals surface area contributed by atoms with Gasteiger partial charge in [-0.05, 0) is 38.1 Å². The lowest BCUT2D eigenvalue weighted by molar-refractivity contribution is 0.0462. The Labute approximate surface area is 181 Å². The zero-order valence-electron chi connectivity index (χ0n) is 17.9. The van der Waals surface area contributed by atoms with E-state index in [1.54, 1.807) is 0 Å². The van der Waals surface area contributed by atoms with Gasteiger partial charge >= 0.3 is 5.97 Å². The molecule has 0 unspecified atom stereocenters. The SMILES string of the molecule is CCN(CC)c1ccccc1COC(=O)c1ccc(=O)n(CCOc2ccccc2)n1. The van der Waals surface area contributed by atoms with Gasteiger partial charge in [-0.3, -0.25) is 4.79 Å². The van der Waals surface area contributed by atoms with Gasteiger partial charge < -0.3 is 14.4 Å². The van der Waals surface area contributed by atoms with Gasteiger partial charge in [-0.15, -0.1) is 0 Å². The van der Waals surface area contributed by atoms with Crippen LogP contribution in [-0.2, 0) is 17.9 Å². The molecule has 0 fully saturated rings. The molecule has 0 N–H and O–H groups in total. The van der Waals surface area contributed by atoms with E-state index in [0.29, 0.717) is 5.75 Å². The first-order valence-corrected chi connectivity index (χ1v) is 10.4. The molecule has 1 aromatic heterocycles. The van der Waals surface area contributed by atoms with Gasteiger partial charge in [0.05, 0.1) is 6.54 Å². The summed E-state index contributed by atoms with van der Waals surface area (Å²) in [4.78, 5) is 26.8. The van der Waals surface area contributed by atoms with Crippen LogP contribution in [-0.4, -0.2) is 35.4 Å². The predicted octanol–water partition coefficient (Wildman–Crippen LogP) is 3.53. The van der Waals surface area contributed by atoms with E-state index >= 15 is 0 Å². The van der Waals surface area contributed by atoms with Crippen molar-refractivity contribution in [3.63, 3.8) is 0 Å². The van der Waals surface area contributed by atoms with Crippen LogP contribution in [0.25, 0.3) is 0 Å². The van der Waals surface area contributed by atoms with Crippen molar-refractivity contribution in [1.29, 1.82) is 0 Å². The van der Waals surface area contributed by atoms with E-state index in [9.17, 15) is 9.59 Å². The minimum Gasteiger partial charge on any atom is -0.492 e. The van der Waals surface area contributed by atoms with Crippen molar-refractivity contribution in [2.45, 2.75) is 27.0 Å². The second-order valence-electron chi connectivity index (χ2n) is 6.82. The summed E-state index contributed by atoms with van der Waals surface area (Å²) in [6.45, 7) is 6.50. The minimum absolute atomic E-state index is 0.0830. The summed E-state index contributed by atoms with van der Waals surface area (Å²) in [5.41, 5.74) is 1.74. The fraction of sp³-hybridized carbons (Fsp3) is 0.292. The number of carbonyl (C=O) groups excluding carboxylic acids is 1. The highest BCUT2D eigenvalue weighted by Gasteiger charge is 2.14. The first-order chi connectivity index (χ1) is 15.1. The van der Waals surface area contributed by atoms with Crippen LogP contribution in [0, 0.1) is 0 Å². The number of hydrogen-bond donors (Lipinski definition) is 0. The average molecular weight is 421 g/mol. The minimum atomic E-state index is -0.577. The maximum Gasteiger partial charge on any atom is 0.359 e. The molecule has 0 spiro atoms. The maximum atomic E-state index is 12.6. The van der Waals surface area contributed by atoms with Gasteiger partial charge in [-0.25, -0.2) is 9.48 Å². The van der Waals surface area contributed by atoms with E-state index in [1.807, 2.05) is 54.6 Å². The molecule has 1 heterocycles. The summed E-state index contributed by atoms with van der Waals surface area (Å²) in [6.07, 6.45) is 0. The van der Waals surface area contributed by atoms with Crippen molar-refractivity contribution in [2.24, 2.45) is 0 Å². The van der Waals surface area contributed by atoms with Crippen LogP contribution in [0.3, 0.4) is 0 Å². The molecule has 3 rings (SSSR count). The van der Waals surface area contributed by atoms with Crippen molar-refractivity contribution in [3.8, 4) is 5.75 Å². The van der Waals surface area contributed by atoms with Gasteiger partial charge in [0.15, 0.2) is 5.69 Å². The first-order valence-electron chi connectivity index (χ1n) is 10.4. The third-order valence-electron chi connectivity index (χ3n) is 4.85. The predicted molar refractivity (Wildman–Crippen MR) is 120 cm³/mol. The van der Waals surface area contributed by atoms with Gasteiger partial charge in [-0.1, -0.05) is 36.4 Å². The van der Waals surface area contributed by atoms with Gasteiger partial charge in [0.25, 0.3) is 5.56 Å². The third kappa shape index (κ3) is 5.94. The van der Waals surface area contributed by atoms with Gasteiger partial charge in [0, 0.05) is 30.4 Å². The summed E-state index contributed by atoms with van der Waals surface area (Å²) in [5, 5.41) is 4.14. The van der Waals surface area contributed by atoms with Gasteiger partial charge in [-0.2, -0.15) is 5.10 Å². The Morgan fingerprint density at radius 2 is 1.68 bits per heavy atom. The molecule has 2 aromatic carbocycles. The molecule has 31 heavy (non-hydrogen) atoms. The Morgan fingerprint density at radius 1 is 0.968 bits per heavy atom. The number of aromatic nitrogens is 2. The topological polar surface area (TPSA) is 73.7 Å². The first kappa shape index (κ1) is 22.1. The van der Waals surface area contributed by atoms with E-state index in [-0.39, 0.29) is 31.0 Å². The average Bonchev–Trinajstić information content (AvgIpc) is 2.81. The van der Waals surface area contributed by atoms with Crippen molar-refractivity contribution in [1.82, 2.24) is 9.78 Å². The molecule has 0 aliphatic heterocycles. The van der Waals surface area contributed by atoms with E-state index in [2.05, 4.69) is 23.8 Å². The highest BCUT2D eigenvalue weighted by Crippen LogP contribution is 2.21. The van der Waals surface area contributed by atoms with Crippen LogP contribution in [0.1, 0.15) is 29.9 Å². The standard InChI is InChI=1S/C24H27N3O4/c1-3-26(4-2)22-13-9-8-10-19(22)18-31-24(29)21-14-15-23(28)27(25-21)16-17-30-20-11-6-5-7-12-20/h5-15H,3-4,16-18H2,1-2H3. The van der Waals surface area contributed by atoms with E-state index in [1.165, 1.54) is 16.8 Å². The molecule has 0 saturated carbocycles. The molecule has 7 nitrogen and oxygen atoms in total. The zero-order valence-corrected chi connectivity index (χ0v) is 17.9. The summed E-state index contributed by atoms with van der Waals surface area (Å²) in [7, 11) is 0. The second kappa shape index (κ2) is 11.0. The molecule has 0 radical (unpaired) electrons. The molecule has 7 heteroatoms. The Hall–Kier alpha value is -3.61. The lowest BCUT2D eigenvalue weighted by Crippen LogP contribution is -2.27. The molecule has 0 bridgehead atoms. The van der Waals surface area contributed by atoms with Crippen LogP contribution in [0.2, 0.25) is 0 Å². The number of carbonyl (C=O) groups is 1. The Balaban J connectivity index is 1.63. The molecule has 162 valence electrons. The van der Waals surface area contributed by atoms with Crippen molar-refractivity contribution < 1.29 is 14.3 Å². The van der Waals surface area contributed by atoms with E-state index in [0.717, 1.165) is 24.3 Å². The summed E-state index contributed by atoms with van der Waals surface area (Å²) in [6, 6.07) is 19.8. The van der Waals surface area contributed by atoms with Crippen molar-refractivity contribution >= 4 is 11.7 Å². The molecule has 3 aromatic rings. The van der Waals surface area contributed by atoms with Crippen LogP contribution >= 0.6 is 0 Å². The second-order valence-corrected chi connectivity index (χ2v) is 6.82. The molecule has 0 aliphatic carbocycles. The highest BCUT2D eigenvalue weighted by molar-refractivity contribution is 5.86. The van der Waals surface area contributed by atoms with Crippen LogP contribution in [0.15, 0.2) is 71.5 Å².